The number of nitrogens with zero attached hydrogens (tertiary/aromatic N) is 2. The van der Waals surface area contributed by atoms with Gasteiger partial charge in [-0.25, -0.2) is 4.98 Å². The van der Waals surface area contributed by atoms with Crippen molar-refractivity contribution in [2.24, 2.45) is 5.92 Å². The second kappa shape index (κ2) is 7.49. The Morgan fingerprint density at radius 1 is 1.32 bits per heavy atom. The van der Waals surface area contributed by atoms with Crippen LogP contribution < -0.4 is 10.2 Å². The number of pyridine rings is 1. The predicted molar refractivity (Wildman–Crippen MR) is 81.5 cm³/mol. The number of hydrogen-bond donors (Lipinski definition) is 1. The van der Waals surface area contributed by atoms with Gasteiger partial charge in [0.2, 0.25) is 0 Å². The van der Waals surface area contributed by atoms with E-state index in [0.717, 1.165) is 31.4 Å². The smallest absolute Gasteiger partial charge is 0.128 e. The SMILES string of the molecule is CCNCc1ccnc(N(C)CC2CCCCC2)c1. The third-order valence-corrected chi connectivity index (χ3v) is 4.04. The van der Waals surface area contributed by atoms with Crippen molar-refractivity contribution in [1.29, 1.82) is 0 Å². The topological polar surface area (TPSA) is 28.2 Å². The van der Waals surface area contributed by atoms with Crippen LogP contribution in [0.5, 0.6) is 0 Å². The van der Waals surface area contributed by atoms with Crippen molar-refractivity contribution in [3.8, 4) is 0 Å². The summed E-state index contributed by atoms with van der Waals surface area (Å²) in [4.78, 5) is 6.84. The van der Waals surface area contributed by atoms with E-state index in [-0.39, 0.29) is 0 Å². The molecule has 0 atom stereocenters. The third kappa shape index (κ3) is 4.50. The highest BCUT2D eigenvalue weighted by atomic mass is 15.2. The fourth-order valence-electron chi connectivity index (χ4n) is 2.90. The first-order valence-electron chi connectivity index (χ1n) is 7.66. The van der Waals surface area contributed by atoms with Gasteiger partial charge in [0.15, 0.2) is 0 Å². The highest BCUT2D eigenvalue weighted by Crippen LogP contribution is 2.25. The van der Waals surface area contributed by atoms with Crippen molar-refractivity contribution in [2.45, 2.75) is 45.6 Å². The number of anilines is 1. The van der Waals surface area contributed by atoms with Gasteiger partial charge in [0, 0.05) is 26.3 Å². The average molecular weight is 261 g/mol. The summed E-state index contributed by atoms with van der Waals surface area (Å²) in [5, 5.41) is 3.37. The lowest BCUT2D eigenvalue weighted by Crippen LogP contribution is -2.27. The van der Waals surface area contributed by atoms with Crippen LogP contribution in [0.2, 0.25) is 0 Å². The molecule has 3 nitrogen and oxygen atoms in total. The van der Waals surface area contributed by atoms with Crippen molar-refractivity contribution in [2.75, 3.05) is 25.0 Å². The van der Waals surface area contributed by atoms with Crippen LogP contribution in [0.15, 0.2) is 18.3 Å². The Morgan fingerprint density at radius 2 is 2.11 bits per heavy atom. The van der Waals surface area contributed by atoms with Gasteiger partial charge >= 0.3 is 0 Å². The Bertz CT molecular complexity index is 372. The van der Waals surface area contributed by atoms with Crippen LogP contribution in [0.4, 0.5) is 5.82 Å². The van der Waals surface area contributed by atoms with Crippen LogP contribution in [0.25, 0.3) is 0 Å². The fraction of sp³-hybridized carbons (Fsp3) is 0.688. The van der Waals surface area contributed by atoms with Crippen molar-refractivity contribution < 1.29 is 0 Å². The Morgan fingerprint density at radius 3 is 2.84 bits per heavy atom. The summed E-state index contributed by atoms with van der Waals surface area (Å²) >= 11 is 0. The van der Waals surface area contributed by atoms with Crippen LogP contribution in [-0.4, -0.2) is 25.1 Å². The number of rotatable bonds is 6. The van der Waals surface area contributed by atoms with E-state index in [1.165, 1.54) is 37.7 Å². The zero-order chi connectivity index (χ0) is 13.5. The van der Waals surface area contributed by atoms with E-state index in [4.69, 9.17) is 0 Å². The molecule has 0 aromatic carbocycles. The van der Waals surface area contributed by atoms with Gasteiger partial charge in [-0.1, -0.05) is 26.2 Å². The van der Waals surface area contributed by atoms with Crippen LogP contribution in [0.1, 0.15) is 44.6 Å². The lowest BCUT2D eigenvalue weighted by Gasteiger charge is -2.27. The Balaban J connectivity index is 1.91. The number of aromatic nitrogens is 1. The van der Waals surface area contributed by atoms with E-state index in [1.807, 2.05) is 6.20 Å². The molecule has 1 fully saturated rings. The molecule has 3 heteroatoms. The molecule has 0 spiro atoms. The molecule has 0 aliphatic heterocycles. The molecule has 1 aromatic rings. The van der Waals surface area contributed by atoms with Crippen LogP contribution in [0, 0.1) is 5.92 Å². The minimum absolute atomic E-state index is 0.859. The lowest BCUT2D eigenvalue weighted by molar-refractivity contribution is 0.361. The largest absolute Gasteiger partial charge is 0.359 e. The van der Waals surface area contributed by atoms with E-state index < -0.39 is 0 Å². The molecule has 1 aliphatic rings. The van der Waals surface area contributed by atoms with Gasteiger partial charge < -0.3 is 10.2 Å². The molecule has 0 radical (unpaired) electrons. The molecule has 19 heavy (non-hydrogen) atoms. The summed E-state index contributed by atoms with van der Waals surface area (Å²) in [6.45, 7) is 5.23. The molecule has 2 rings (SSSR count). The van der Waals surface area contributed by atoms with Crippen molar-refractivity contribution in [1.82, 2.24) is 10.3 Å². The Hall–Kier alpha value is -1.09. The molecule has 0 bridgehead atoms. The average Bonchev–Trinajstić information content (AvgIpc) is 2.46. The maximum Gasteiger partial charge on any atom is 0.128 e. The summed E-state index contributed by atoms with van der Waals surface area (Å²) < 4.78 is 0. The molecular weight excluding hydrogens is 234 g/mol. The van der Waals surface area contributed by atoms with Crippen LogP contribution >= 0.6 is 0 Å². The van der Waals surface area contributed by atoms with Crippen LogP contribution in [0.3, 0.4) is 0 Å². The van der Waals surface area contributed by atoms with Gasteiger partial charge in [-0.2, -0.15) is 0 Å². The molecule has 0 amide bonds. The quantitative estimate of drug-likeness (QED) is 0.852. The molecule has 106 valence electrons. The maximum atomic E-state index is 4.51. The zero-order valence-electron chi connectivity index (χ0n) is 12.4. The second-order valence-corrected chi connectivity index (χ2v) is 5.69. The molecule has 1 aromatic heterocycles. The Labute approximate surface area is 117 Å². The van der Waals surface area contributed by atoms with Gasteiger partial charge in [-0.3, -0.25) is 0 Å². The number of nitrogens with one attached hydrogen (secondary N) is 1. The lowest BCUT2D eigenvalue weighted by atomic mass is 9.89. The van der Waals surface area contributed by atoms with Gasteiger partial charge in [0.1, 0.15) is 5.82 Å². The zero-order valence-corrected chi connectivity index (χ0v) is 12.4. The fourth-order valence-corrected chi connectivity index (χ4v) is 2.90. The molecule has 1 aliphatic carbocycles. The minimum atomic E-state index is 0.859. The first kappa shape index (κ1) is 14.3. The molecule has 0 saturated heterocycles. The molecule has 1 heterocycles. The molecule has 1 N–H and O–H groups in total. The molecule has 0 unspecified atom stereocenters. The summed E-state index contributed by atoms with van der Waals surface area (Å²) in [6.07, 6.45) is 8.96. The van der Waals surface area contributed by atoms with E-state index in [2.05, 4.69) is 41.3 Å². The molecule has 1 saturated carbocycles. The van der Waals surface area contributed by atoms with Gasteiger partial charge in [0.25, 0.3) is 0 Å². The van der Waals surface area contributed by atoms with Gasteiger partial charge in [-0.05, 0) is 43.0 Å². The summed E-state index contributed by atoms with van der Waals surface area (Å²) in [6, 6.07) is 4.31. The number of hydrogen-bond acceptors (Lipinski definition) is 3. The van der Waals surface area contributed by atoms with Crippen molar-refractivity contribution in [3.63, 3.8) is 0 Å². The first-order valence-corrected chi connectivity index (χ1v) is 7.66. The van der Waals surface area contributed by atoms with E-state index in [0.29, 0.717) is 0 Å². The van der Waals surface area contributed by atoms with Crippen LogP contribution in [-0.2, 0) is 6.54 Å². The van der Waals surface area contributed by atoms with E-state index in [1.54, 1.807) is 0 Å². The highest BCUT2D eigenvalue weighted by molar-refractivity contribution is 5.40. The Kier molecular flexibility index (Phi) is 5.64. The monoisotopic (exact) mass is 261 g/mol. The normalized spacial score (nSPS) is 16.5. The first-order chi connectivity index (χ1) is 9.29. The van der Waals surface area contributed by atoms with Gasteiger partial charge in [0.05, 0.1) is 0 Å². The van der Waals surface area contributed by atoms with Crippen molar-refractivity contribution in [3.05, 3.63) is 23.9 Å². The second-order valence-electron chi connectivity index (χ2n) is 5.69. The third-order valence-electron chi connectivity index (χ3n) is 4.04. The molecular formula is C16H27N3. The van der Waals surface area contributed by atoms with Crippen molar-refractivity contribution >= 4 is 5.82 Å². The predicted octanol–water partition coefficient (Wildman–Crippen LogP) is 3.21. The standard InChI is InChI=1S/C16H27N3/c1-3-17-12-15-9-10-18-16(11-15)19(2)13-14-7-5-4-6-8-14/h9-11,14,17H,3-8,12-13H2,1-2H3. The summed E-state index contributed by atoms with van der Waals surface area (Å²) in [5.41, 5.74) is 1.32. The highest BCUT2D eigenvalue weighted by Gasteiger charge is 2.16. The van der Waals surface area contributed by atoms with E-state index >= 15 is 0 Å². The summed E-state index contributed by atoms with van der Waals surface area (Å²) in [5.74, 6) is 1.97. The van der Waals surface area contributed by atoms with E-state index in [9.17, 15) is 0 Å². The van der Waals surface area contributed by atoms with Gasteiger partial charge in [-0.15, -0.1) is 0 Å². The minimum Gasteiger partial charge on any atom is -0.359 e. The maximum absolute atomic E-state index is 4.51. The summed E-state index contributed by atoms with van der Waals surface area (Å²) in [7, 11) is 2.17.